The van der Waals surface area contributed by atoms with Gasteiger partial charge in [-0.05, 0) is 31.2 Å². The molecule has 10 nitrogen and oxygen atoms in total. The Kier molecular flexibility index (Phi) is 6.96. The quantitative estimate of drug-likeness (QED) is 0.391. The van der Waals surface area contributed by atoms with Crippen LogP contribution in [-0.2, 0) is 9.53 Å². The molecule has 0 radical (unpaired) electrons. The molecule has 0 fully saturated rings. The number of carbonyl (C=O) groups is 2. The number of ether oxygens (including phenoxy) is 3. The molecule has 0 saturated heterocycles. The van der Waals surface area contributed by atoms with Crippen LogP contribution in [0, 0.1) is 10.1 Å². The zero-order valence-corrected chi connectivity index (χ0v) is 16.3. The minimum atomic E-state index is -1.14. The van der Waals surface area contributed by atoms with Gasteiger partial charge in [-0.1, -0.05) is 0 Å². The molecule has 10 heteroatoms. The molecule has 2 aromatic rings. The van der Waals surface area contributed by atoms with Crippen molar-refractivity contribution in [1.82, 2.24) is 0 Å². The Labute approximate surface area is 166 Å². The van der Waals surface area contributed by atoms with E-state index in [1.54, 1.807) is 18.2 Å². The predicted octanol–water partition coefficient (Wildman–Crippen LogP) is 2.84. The van der Waals surface area contributed by atoms with Crippen LogP contribution in [0.5, 0.6) is 11.5 Å². The van der Waals surface area contributed by atoms with Crippen molar-refractivity contribution in [3.63, 3.8) is 0 Å². The maximum atomic E-state index is 12.3. The SMILES string of the molecule is CNc1ccc(C(=O)O[C@@H](C)C(=O)Nc2ccc(OC)c(OC)c2)cc1[N+](=O)[O-]. The van der Waals surface area contributed by atoms with Gasteiger partial charge in [0.25, 0.3) is 11.6 Å². The Morgan fingerprint density at radius 1 is 1.07 bits per heavy atom. The molecule has 0 unspecified atom stereocenters. The van der Waals surface area contributed by atoms with Crippen molar-refractivity contribution in [3.8, 4) is 11.5 Å². The number of nitrogens with zero attached hydrogens (tertiary/aromatic N) is 1. The Morgan fingerprint density at radius 2 is 1.76 bits per heavy atom. The minimum absolute atomic E-state index is 0.0403. The van der Waals surface area contributed by atoms with E-state index >= 15 is 0 Å². The summed E-state index contributed by atoms with van der Waals surface area (Å²) in [4.78, 5) is 35.1. The second-order valence-electron chi connectivity index (χ2n) is 5.85. The van der Waals surface area contributed by atoms with E-state index in [1.807, 2.05) is 0 Å². The molecule has 1 atom stereocenters. The lowest BCUT2D eigenvalue weighted by Gasteiger charge is -2.15. The summed E-state index contributed by atoms with van der Waals surface area (Å²) in [6.07, 6.45) is -1.14. The van der Waals surface area contributed by atoms with Crippen molar-refractivity contribution in [2.75, 3.05) is 31.9 Å². The van der Waals surface area contributed by atoms with E-state index in [2.05, 4.69) is 10.6 Å². The zero-order chi connectivity index (χ0) is 21.6. The standard InChI is InChI=1S/C19H21N3O7/c1-11(18(23)21-13-6-8-16(27-3)17(10-13)28-4)29-19(24)12-5-7-14(20-2)15(9-12)22(25)26/h5-11,20H,1-4H3,(H,21,23)/t11-/m0/s1. The van der Waals surface area contributed by atoms with Gasteiger partial charge < -0.3 is 24.8 Å². The van der Waals surface area contributed by atoms with Gasteiger partial charge in [-0.2, -0.15) is 0 Å². The predicted molar refractivity (Wildman–Crippen MR) is 106 cm³/mol. The average Bonchev–Trinajstić information content (AvgIpc) is 2.72. The monoisotopic (exact) mass is 403 g/mol. The summed E-state index contributed by atoms with van der Waals surface area (Å²) in [5.41, 5.74) is 0.362. The molecule has 29 heavy (non-hydrogen) atoms. The van der Waals surface area contributed by atoms with Crippen LogP contribution in [0.25, 0.3) is 0 Å². The second-order valence-corrected chi connectivity index (χ2v) is 5.85. The number of esters is 1. The number of nitro groups is 1. The van der Waals surface area contributed by atoms with E-state index in [0.29, 0.717) is 17.2 Å². The van der Waals surface area contributed by atoms with Gasteiger partial charge in [0, 0.05) is 24.9 Å². The first kappa shape index (κ1) is 21.5. The number of methoxy groups -OCH3 is 2. The summed E-state index contributed by atoms with van der Waals surface area (Å²) >= 11 is 0. The van der Waals surface area contributed by atoms with E-state index in [1.165, 1.54) is 40.3 Å². The average molecular weight is 403 g/mol. The van der Waals surface area contributed by atoms with Crippen molar-refractivity contribution in [3.05, 3.63) is 52.1 Å². The molecular weight excluding hydrogens is 382 g/mol. The highest BCUT2D eigenvalue weighted by Gasteiger charge is 2.22. The Hall–Kier alpha value is -3.82. The van der Waals surface area contributed by atoms with E-state index < -0.39 is 22.9 Å². The lowest BCUT2D eigenvalue weighted by Crippen LogP contribution is -2.30. The van der Waals surface area contributed by atoms with Crippen LogP contribution >= 0.6 is 0 Å². The van der Waals surface area contributed by atoms with Crippen LogP contribution in [0.1, 0.15) is 17.3 Å². The van der Waals surface area contributed by atoms with Gasteiger partial charge >= 0.3 is 5.97 Å². The lowest BCUT2D eigenvalue weighted by molar-refractivity contribution is -0.384. The molecule has 0 heterocycles. The molecule has 0 aliphatic rings. The summed E-state index contributed by atoms with van der Waals surface area (Å²) in [7, 11) is 4.48. The number of nitrogens with one attached hydrogen (secondary N) is 2. The molecule has 2 aromatic carbocycles. The van der Waals surface area contributed by atoms with Gasteiger partial charge in [0.1, 0.15) is 5.69 Å². The largest absolute Gasteiger partial charge is 0.493 e. The molecule has 154 valence electrons. The van der Waals surface area contributed by atoms with Crippen molar-refractivity contribution in [2.24, 2.45) is 0 Å². The molecule has 0 aliphatic heterocycles. The van der Waals surface area contributed by atoms with Crippen LogP contribution in [0.2, 0.25) is 0 Å². The van der Waals surface area contributed by atoms with Crippen LogP contribution < -0.4 is 20.1 Å². The van der Waals surface area contributed by atoms with E-state index in [9.17, 15) is 19.7 Å². The van der Waals surface area contributed by atoms with Crippen LogP contribution in [0.15, 0.2) is 36.4 Å². The van der Waals surface area contributed by atoms with E-state index in [4.69, 9.17) is 14.2 Å². The molecule has 0 aliphatic carbocycles. The third-order valence-corrected chi connectivity index (χ3v) is 4.00. The number of carbonyl (C=O) groups excluding carboxylic acids is 2. The number of nitro benzene ring substituents is 1. The fourth-order valence-corrected chi connectivity index (χ4v) is 2.46. The van der Waals surface area contributed by atoms with Crippen LogP contribution in [-0.4, -0.2) is 44.2 Å². The molecule has 2 rings (SSSR count). The number of hydrogen-bond acceptors (Lipinski definition) is 8. The molecule has 1 amide bonds. The molecular formula is C19H21N3O7. The number of rotatable bonds is 8. The van der Waals surface area contributed by atoms with Crippen molar-refractivity contribution in [2.45, 2.75) is 13.0 Å². The topological polar surface area (TPSA) is 129 Å². The molecule has 0 aromatic heterocycles. The smallest absolute Gasteiger partial charge is 0.339 e. The highest BCUT2D eigenvalue weighted by atomic mass is 16.6. The van der Waals surface area contributed by atoms with Gasteiger partial charge in [-0.15, -0.1) is 0 Å². The summed E-state index contributed by atoms with van der Waals surface area (Å²) in [6, 6.07) is 8.64. The van der Waals surface area contributed by atoms with Gasteiger partial charge in [0.2, 0.25) is 0 Å². The number of benzene rings is 2. The first-order valence-corrected chi connectivity index (χ1v) is 8.50. The fraction of sp³-hybridized carbons (Fsp3) is 0.263. The minimum Gasteiger partial charge on any atom is -0.493 e. The third-order valence-electron chi connectivity index (χ3n) is 4.00. The third kappa shape index (κ3) is 5.12. The zero-order valence-electron chi connectivity index (χ0n) is 16.3. The van der Waals surface area contributed by atoms with Gasteiger partial charge in [0.15, 0.2) is 17.6 Å². The highest BCUT2D eigenvalue weighted by Crippen LogP contribution is 2.30. The summed E-state index contributed by atoms with van der Waals surface area (Å²) in [5, 5.41) is 16.4. The second kappa shape index (κ2) is 9.40. The summed E-state index contributed by atoms with van der Waals surface area (Å²) < 4.78 is 15.4. The Balaban J connectivity index is 2.08. The van der Waals surface area contributed by atoms with Crippen molar-refractivity contribution in [1.29, 1.82) is 0 Å². The van der Waals surface area contributed by atoms with Gasteiger partial charge in [-0.3, -0.25) is 14.9 Å². The highest BCUT2D eigenvalue weighted by molar-refractivity contribution is 5.98. The summed E-state index contributed by atoms with van der Waals surface area (Å²) in [6.45, 7) is 1.39. The van der Waals surface area contributed by atoms with Crippen LogP contribution in [0.3, 0.4) is 0 Å². The normalized spacial score (nSPS) is 11.2. The van der Waals surface area contributed by atoms with E-state index in [-0.39, 0.29) is 16.9 Å². The number of anilines is 2. The molecule has 0 bridgehead atoms. The van der Waals surface area contributed by atoms with Crippen LogP contribution in [0.4, 0.5) is 17.1 Å². The van der Waals surface area contributed by atoms with Gasteiger partial charge in [0.05, 0.1) is 24.7 Å². The first-order chi connectivity index (χ1) is 13.8. The number of amides is 1. The maximum absolute atomic E-state index is 12.3. The van der Waals surface area contributed by atoms with Crippen molar-refractivity contribution >= 4 is 28.9 Å². The maximum Gasteiger partial charge on any atom is 0.339 e. The summed E-state index contributed by atoms with van der Waals surface area (Å²) in [5.74, 6) is -0.513. The molecule has 2 N–H and O–H groups in total. The fourth-order valence-electron chi connectivity index (χ4n) is 2.46. The number of hydrogen-bond donors (Lipinski definition) is 2. The molecule has 0 spiro atoms. The lowest BCUT2D eigenvalue weighted by atomic mass is 10.1. The Morgan fingerprint density at radius 3 is 2.34 bits per heavy atom. The van der Waals surface area contributed by atoms with Gasteiger partial charge in [-0.25, -0.2) is 4.79 Å². The van der Waals surface area contributed by atoms with Crippen molar-refractivity contribution < 1.29 is 28.7 Å². The van der Waals surface area contributed by atoms with E-state index in [0.717, 1.165) is 6.07 Å². The first-order valence-electron chi connectivity index (χ1n) is 8.50. The molecule has 0 saturated carbocycles. The Bertz CT molecular complexity index is 930.